The molecule has 0 aliphatic rings. The fourth-order valence-electron chi connectivity index (χ4n) is 2.40. The van der Waals surface area contributed by atoms with E-state index >= 15 is 0 Å². The van der Waals surface area contributed by atoms with Crippen molar-refractivity contribution in [3.05, 3.63) is 65.7 Å². The second-order valence-corrected chi connectivity index (χ2v) is 7.39. The summed E-state index contributed by atoms with van der Waals surface area (Å²) in [4.78, 5) is 12.2. The van der Waals surface area contributed by atoms with Crippen molar-refractivity contribution in [2.24, 2.45) is 5.92 Å². The van der Waals surface area contributed by atoms with Gasteiger partial charge in [-0.1, -0.05) is 30.3 Å². The van der Waals surface area contributed by atoms with Crippen molar-refractivity contribution in [3.8, 4) is 6.07 Å². The van der Waals surface area contributed by atoms with E-state index in [-0.39, 0.29) is 18.0 Å². The van der Waals surface area contributed by atoms with Crippen LogP contribution in [0.15, 0.2) is 59.5 Å². The maximum atomic E-state index is 12.4. The lowest BCUT2D eigenvalue weighted by atomic mass is 10.00. The molecule has 26 heavy (non-hydrogen) atoms. The Labute approximate surface area is 153 Å². The number of sulfonamides is 1. The van der Waals surface area contributed by atoms with Crippen molar-refractivity contribution >= 4 is 16.0 Å². The number of ether oxygens (including phenoxy) is 1. The first-order chi connectivity index (χ1) is 12.5. The van der Waals surface area contributed by atoms with Crippen LogP contribution in [0.4, 0.5) is 0 Å². The van der Waals surface area contributed by atoms with E-state index in [0.717, 1.165) is 5.56 Å². The molecule has 1 atom stereocenters. The average Bonchev–Trinajstić information content (AvgIpc) is 2.66. The largest absolute Gasteiger partial charge is 0.466 e. The highest BCUT2D eigenvalue weighted by Gasteiger charge is 2.23. The fraction of sp³-hybridized carbons (Fsp3) is 0.263. The summed E-state index contributed by atoms with van der Waals surface area (Å²) in [7, 11) is -3.79. The molecule has 2 rings (SSSR count). The van der Waals surface area contributed by atoms with Gasteiger partial charge in [-0.25, -0.2) is 13.1 Å². The van der Waals surface area contributed by atoms with Crippen molar-refractivity contribution in [2.45, 2.75) is 18.2 Å². The molecule has 0 amide bonds. The Morgan fingerprint density at radius 2 is 1.81 bits per heavy atom. The highest BCUT2D eigenvalue weighted by molar-refractivity contribution is 7.89. The van der Waals surface area contributed by atoms with Crippen LogP contribution in [0.2, 0.25) is 0 Å². The number of rotatable bonds is 8. The van der Waals surface area contributed by atoms with Gasteiger partial charge in [0.15, 0.2) is 0 Å². The van der Waals surface area contributed by atoms with E-state index in [1.807, 2.05) is 36.4 Å². The van der Waals surface area contributed by atoms with E-state index in [1.54, 1.807) is 6.92 Å². The molecule has 6 nitrogen and oxygen atoms in total. The summed E-state index contributed by atoms with van der Waals surface area (Å²) in [6.07, 6.45) is 0.371. The van der Waals surface area contributed by atoms with Gasteiger partial charge >= 0.3 is 5.97 Å². The van der Waals surface area contributed by atoms with Gasteiger partial charge in [0.2, 0.25) is 10.0 Å². The molecule has 0 aliphatic carbocycles. The molecule has 1 N–H and O–H groups in total. The smallest absolute Gasteiger partial charge is 0.310 e. The summed E-state index contributed by atoms with van der Waals surface area (Å²) in [6.45, 7) is 1.86. The van der Waals surface area contributed by atoms with Crippen LogP contribution in [0.25, 0.3) is 0 Å². The Bertz CT molecular complexity index is 872. The van der Waals surface area contributed by atoms with Gasteiger partial charge in [-0.05, 0) is 43.2 Å². The Kier molecular flexibility index (Phi) is 6.89. The lowest BCUT2D eigenvalue weighted by molar-refractivity contribution is -0.147. The van der Waals surface area contributed by atoms with Crippen LogP contribution in [0.1, 0.15) is 18.1 Å². The zero-order chi connectivity index (χ0) is 19.0. The zero-order valence-electron chi connectivity index (χ0n) is 14.4. The minimum absolute atomic E-state index is 0.0406. The van der Waals surface area contributed by atoms with Crippen LogP contribution < -0.4 is 4.72 Å². The molecule has 0 aliphatic heterocycles. The van der Waals surface area contributed by atoms with Gasteiger partial charge < -0.3 is 4.74 Å². The Balaban J connectivity index is 2.11. The van der Waals surface area contributed by atoms with Crippen molar-refractivity contribution in [3.63, 3.8) is 0 Å². The summed E-state index contributed by atoms with van der Waals surface area (Å²) in [5, 5.41) is 8.79. The van der Waals surface area contributed by atoms with Crippen molar-refractivity contribution < 1.29 is 17.9 Å². The standard InChI is InChI=1S/C19H20N2O4S/c1-2-25-19(22)17(12-15-6-4-3-5-7-15)14-21-26(23,24)18-10-8-16(13-20)9-11-18/h3-11,17,21H,2,12,14H2,1H3. The third-order valence-electron chi connectivity index (χ3n) is 3.76. The Morgan fingerprint density at radius 1 is 1.15 bits per heavy atom. The van der Waals surface area contributed by atoms with Crippen LogP contribution in [0.3, 0.4) is 0 Å². The molecule has 0 radical (unpaired) electrons. The number of benzene rings is 2. The summed E-state index contributed by atoms with van der Waals surface area (Å²) in [6, 6.07) is 16.9. The second kappa shape index (κ2) is 9.13. The van der Waals surface area contributed by atoms with E-state index in [0.29, 0.717) is 12.0 Å². The van der Waals surface area contributed by atoms with Crippen LogP contribution in [-0.2, 0) is 26.0 Å². The highest BCUT2D eigenvalue weighted by Crippen LogP contribution is 2.13. The predicted octanol–water partition coefficient (Wildman–Crippen LogP) is 2.26. The summed E-state index contributed by atoms with van der Waals surface area (Å²) in [5.74, 6) is -1.08. The van der Waals surface area contributed by atoms with E-state index in [2.05, 4.69) is 4.72 Å². The van der Waals surface area contributed by atoms with E-state index in [9.17, 15) is 13.2 Å². The van der Waals surface area contributed by atoms with E-state index in [1.165, 1.54) is 24.3 Å². The minimum atomic E-state index is -3.79. The second-order valence-electron chi connectivity index (χ2n) is 5.63. The average molecular weight is 372 g/mol. The van der Waals surface area contributed by atoms with Gasteiger partial charge in [-0.15, -0.1) is 0 Å². The molecule has 2 aromatic rings. The quantitative estimate of drug-likeness (QED) is 0.717. The third kappa shape index (κ3) is 5.41. The first-order valence-corrected chi connectivity index (χ1v) is 9.65. The highest BCUT2D eigenvalue weighted by atomic mass is 32.2. The zero-order valence-corrected chi connectivity index (χ0v) is 15.2. The molecule has 0 saturated heterocycles. The van der Waals surface area contributed by atoms with Gasteiger partial charge in [0.05, 0.1) is 29.1 Å². The molecule has 0 saturated carbocycles. The van der Waals surface area contributed by atoms with Crippen LogP contribution >= 0.6 is 0 Å². The molecular formula is C19H20N2O4S. The first-order valence-electron chi connectivity index (χ1n) is 8.16. The number of carbonyl (C=O) groups excluding carboxylic acids is 1. The van der Waals surface area contributed by atoms with Gasteiger partial charge in [-0.2, -0.15) is 5.26 Å². The number of nitrogens with one attached hydrogen (secondary N) is 1. The van der Waals surface area contributed by atoms with Gasteiger partial charge in [0, 0.05) is 6.54 Å². The lowest BCUT2D eigenvalue weighted by Gasteiger charge is -2.16. The van der Waals surface area contributed by atoms with Crippen LogP contribution in [0, 0.1) is 17.2 Å². The molecular weight excluding hydrogens is 352 g/mol. The molecule has 136 valence electrons. The number of nitrogens with zero attached hydrogens (tertiary/aromatic N) is 1. The van der Waals surface area contributed by atoms with Crippen LogP contribution in [-0.4, -0.2) is 27.5 Å². The topological polar surface area (TPSA) is 96.3 Å². The Morgan fingerprint density at radius 3 is 2.38 bits per heavy atom. The van der Waals surface area contributed by atoms with Gasteiger partial charge in [0.25, 0.3) is 0 Å². The first kappa shape index (κ1) is 19.6. The molecule has 0 bridgehead atoms. The molecule has 7 heteroatoms. The van der Waals surface area contributed by atoms with Crippen molar-refractivity contribution in [2.75, 3.05) is 13.2 Å². The number of nitriles is 1. The summed E-state index contributed by atoms with van der Waals surface area (Å²) >= 11 is 0. The molecule has 1 unspecified atom stereocenters. The molecule has 0 spiro atoms. The van der Waals surface area contributed by atoms with E-state index < -0.39 is 21.9 Å². The minimum Gasteiger partial charge on any atom is -0.466 e. The van der Waals surface area contributed by atoms with E-state index in [4.69, 9.17) is 10.00 Å². The molecule has 0 heterocycles. The fourth-order valence-corrected chi connectivity index (χ4v) is 3.48. The maximum absolute atomic E-state index is 12.4. The van der Waals surface area contributed by atoms with Crippen molar-refractivity contribution in [1.82, 2.24) is 4.72 Å². The van der Waals surface area contributed by atoms with Gasteiger partial charge in [-0.3, -0.25) is 4.79 Å². The summed E-state index contributed by atoms with van der Waals surface area (Å²) in [5.41, 5.74) is 1.29. The molecule has 2 aromatic carbocycles. The maximum Gasteiger partial charge on any atom is 0.310 e. The third-order valence-corrected chi connectivity index (χ3v) is 5.20. The normalized spacial score (nSPS) is 12.2. The number of hydrogen-bond acceptors (Lipinski definition) is 5. The molecule has 0 fully saturated rings. The van der Waals surface area contributed by atoms with Crippen molar-refractivity contribution in [1.29, 1.82) is 5.26 Å². The number of hydrogen-bond donors (Lipinski definition) is 1. The summed E-state index contributed by atoms with van der Waals surface area (Å²) < 4.78 is 32.4. The number of esters is 1. The van der Waals surface area contributed by atoms with Gasteiger partial charge in [0.1, 0.15) is 0 Å². The predicted molar refractivity (Wildman–Crippen MR) is 96.6 cm³/mol. The Hall–Kier alpha value is -2.69. The number of carbonyl (C=O) groups is 1. The molecule has 0 aromatic heterocycles. The van der Waals surface area contributed by atoms with Crippen LogP contribution in [0.5, 0.6) is 0 Å². The SMILES string of the molecule is CCOC(=O)C(CNS(=O)(=O)c1ccc(C#N)cc1)Cc1ccccc1. The lowest BCUT2D eigenvalue weighted by Crippen LogP contribution is -2.35. The monoisotopic (exact) mass is 372 g/mol.